The fourth-order valence-corrected chi connectivity index (χ4v) is 3.54. The van der Waals surface area contributed by atoms with Crippen LogP contribution in [0.5, 0.6) is 0 Å². The van der Waals surface area contributed by atoms with Crippen LogP contribution in [0.25, 0.3) is 0 Å². The lowest BCUT2D eigenvalue weighted by molar-refractivity contribution is -0.136. The van der Waals surface area contributed by atoms with Crippen LogP contribution in [0, 0.1) is 5.41 Å². The highest BCUT2D eigenvalue weighted by Gasteiger charge is 2.41. The third-order valence-corrected chi connectivity index (χ3v) is 5.03. The Labute approximate surface area is 125 Å². The molecule has 2 atom stereocenters. The van der Waals surface area contributed by atoms with Crippen molar-refractivity contribution < 1.29 is 9.53 Å². The van der Waals surface area contributed by atoms with Crippen molar-refractivity contribution in [3.8, 4) is 0 Å². The van der Waals surface area contributed by atoms with Crippen molar-refractivity contribution in [2.45, 2.75) is 44.2 Å². The number of nitrogens with one attached hydrogen (secondary N) is 1. The minimum atomic E-state index is -0.444. The van der Waals surface area contributed by atoms with Gasteiger partial charge in [0, 0.05) is 38.2 Å². The van der Waals surface area contributed by atoms with Crippen LogP contribution >= 0.6 is 0 Å². The molecule has 6 nitrogen and oxygen atoms in total. The van der Waals surface area contributed by atoms with E-state index in [-0.39, 0.29) is 11.9 Å². The van der Waals surface area contributed by atoms with Crippen molar-refractivity contribution in [1.82, 2.24) is 14.9 Å². The first-order valence-electron chi connectivity index (χ1n) is 7.81. The van der Waals surface area contributed by atoms with E-state index < -0.39 is 5.41 Å². The minimum Gasteiger partial charge on any atom is -0.381 e. The molecule has 0 aromatic carbocycles. The van der Waals surface area contributed by atoms with E-state index in [2.05, 4.69) is 14.9 Å². The lowest BCUT2D eigenvalue weighted by Crippen LogP contribution is -2.52. The number of carbonyl (C=O) groups excluding carboxylic acids is 1. The Hall–Kier alpha value is -1.40. The molecule has 116 valence electrons. The zero-order chi connectivity index (χ0) is 14.7. The lowest BCUT2D eigenvalue weighted by atomic mass is 9.79. The fourth-order valence-electron chi connectivity index (χ4n) is 3.54. The number of hydrogen-bond donors (Lipinski definition) is 2. The summed E-state index contributed by atoms with van der Waals surface area (Å²) < 4.78 is 7.49. The predicted molar refractivity (Wildman–Crippen MR) is 78.6 cm³/mol. The summed E-state index contributed by atoms with van der Waals surface area (Å²) in [6.45, 7) is 1.64. The van der Waals surface area contributed by atoms with Gasteiger partial charge < -0.3 is 20.4 Å². The molecule has 1 amide bonds. The van der Waals surface area contributed by atoms with Crippen LogP contribution in [0.2, 0.25) is 0 Å². The summed E-state index contributed by atoms with van der Waals surface area (Å²) in [5.74, 6) is 0.102. The highest BCUT2D eigenvalue weighted by Crippen LogP contribution is 2.33. The van der Waals surface area contributed by atoms with Crippen molar-refractivity contribution in [2.24, 2.45) is 11.1 Å². The van der Waals surface area contributed by atoms with Crippen LogP contribution in [-0.4, -0.2) is 41.3 Å². The van der Waals surface area contributed by atoms with E-state index in [1.807, 2.05) is 12.5 Å². The van der Waals surface area contributed by atoms with Gasteiger partial charge in [0.1, 0.15) is 0 Å². The van der Waals surface area contributed by atoms with Crippen molar-refractivity contribution in [1.29, 1.82) is 0 Å². The Morgan fingerprint density at radius 3 is 2.90 bits per heavy atom. The molecule has 2 fully saturated rings. The second-order valence-corrected chi connectivity index (χ2v) is 6.18. The summed E-state index contributed by atoms with van der Waals surface area (Å²) >= 11 is 0. The topological polar surface area (TPSA) is 82.2 Å². The Morgan fingerprint density at radius 1 is 1.43 bits per heavy atom. The molecule has 2 aliphatic rings. The maximum atomic E-state index is 12.8. The molecule has 1 aliphatic heterocycles. The zero-order valence-corrected chi connectivity index (χ0v) is 12.3. The smallest absolute Gasteiger partial charge is 0.227 e. The monoisotopic (exact) mass is 292 g/mol. The van der Waals surface area contributed by atoms with Crippen molar-refractivity contribution in [2.75, 3.05) is 19.8 Å². The standard InChI is InChI=1S/C15H24N4O2/c16-10-15(4-8-21-9-5-15)14(20)18-12-2-1-3-13(12)19-7-6-17-11-19/h6-7,11-13H,1-5,8-10,16H2,(H,18,20). The number of rotatable bonds is 4. The molecular weight excluding hydrogens is 268 g/mol. The summed E-state index contributed by atoms with van der Waals surface area (Å²) in [5, 5.41) is 3.26. The molecule has 0 radical (unpaired) electrons. The number of carbonyl (C=O) groups is 1. The van der Waals surface area contributed by atoms with Crippen LogP contribution < -0.4 is 11.1 Å². The molecule has 1 aromatic heterocycles. The van der Waals surface area contributed by atoms with Crippen LogP contribution in [0.1, 0.15) is 38.1 Å². The molecule has 1 aliphatic carbocycles. The summed E-state index contributed by atoms with van der Waals surface area (Å²) in [6, 6.07) is 0.490. The normalized spacial score (nSPS) is 28.4. The Kier molecular flexibility index (Phi) is 4.26. The number of nitrogens with two attached hydrogens (primary N) is 1. The third kappa shape index (κ3) is 2.82. The summed E-state index contributed by atoms with van der Waals surface area (Å²) in [4.78, 5) is 16.9. The number of nitrogens with zero attached hydrogens (tertiary/aromatic N) is 2. The van der Waals surface area contributed by atoms with Gasteiger partial charge in [0.15, 0.2) is 0 Å². The molecule has 3 N–H and O–H groups in total. The summed E-state index contributed by atoms with van der Waals surface area (Å²) in [6.07, 6.45) is 10.3. The van der Waals surface area contributed by atoms with Gasteiger partial charge in [0.25, 0.3) is 0 Å². The van der Waals surface area contributed by atoms with Gasteiger partial charge in [0.2, 0.25) is 5.91 Å². The molecule has 6 heteroatoms. The van der Waals surface area contributed by atoms with Crippen molar-refractivity contribution in [3.63, 3.8) is 0 Å². The van der Waals surface area contributed by atoms with Crippen molar-refractivity contribution in [3.05, 3.63) is 18.7 Å². The number of aromatic nitrogens is 2. The largest absolute Gasteiger partial charge is 0.381 e. The maximum Gasteiger partial charge on any atom is 0.227 e. The molecule has 0 spiro atoms. The minimum absolute atomic E-state index is 0.102. The Morgan fingerprint density at radius 2 is 2.24 bits per heavy atom. The fraction of sp³-hybridized carbons (Fsp3) is 0.733. The van der Waals surface area contributed by atoms with Crippen molar-refractivity contribution >= 4 is 5.91 Å². The van der Waals surface area contributed by atoms with E-state index >= 15 is 0 Å². The molecule has 21 heavy (non-hydrogen) atoms. The van der Waals surface area contributed by atoms with E-state index in [1.165, 1.54) is 0 Å². The number of ether oxygens (including phenoxy) is 1. The molecule has 1 saturated heterocycles. The number of imidazole rings is 1. The molecule has 2 unspecified atom stereocenters. The highest BCUT2D eigenvalue weighted by molar-refractivity contribution is 5.83. The first-order chi connectivity index (χ1) is 10.2. The van der Waals surface area contributed by atoms with Gasteiger partial charge in [-0.3, -0.25) is 4.79 Å². The number of amides is 1. The van der Waals surface area contributed by atoms with Crippen LogP contribution in [0.4, 0.5) is 0 Å². The third-order valence-electron chi connectivity index (χ3n) is 5.03. The lowest BCUT2D eigenvalue weighted by Gasteiger charge is -2.36. The first-order valence-corrected chi connectivity index (χ1v) is 7.81. The van der Waals surface area contributed by atoms with Gasteiger partial charge in [0.05, 0.1) is 17.8 Å². The van der Waals surface area contributed by atoms with Crippen LogP contribution in [0.15, 0.2) is 18.7 Å². The molecule has 2 heterocycles. The summed E-state index contributed by atoms with van der Waals surface area (Å²) in [5.41, 5.74) is 5.47. The Balaban J connectivity index is 1.68. The van der Waals surface area contributed by atoms with Crippen LogP contribution in [0.3, 0.4) is 0 Å². The second kappa shape index (κ2) is 6.15. The van der Waals surface area contributed by atoms with E-state index in [1.54, 1.807) is 6.20 Å². The quantitative estimate of drug-likeness (QED) is 0.862. The van der Waals surface area contributed by atoms with Crippen LogP contribution in [-0.2, 0) is 9.53 Å². The molecule has 0 bridgehead atoms. The number of hydrogen-bond acceptors (Lipinski definition) is 4. The highest BCUT2D eigenvalue weighted by atomic mass is 16.5. The summed E-state index contributed by atoms with van der Waals surface area (Å²) in [7, 11) is 0. The molecule has 3 rings (SSSR count). The Bertz CT molecular complexity index is 468. The van der Waals surface area contributed by atoms with E-state index in [4.69, 9.17) is 10.5 Å². The molecule has 1 saturated carbocycles. The van der Waals surface area contributed by atoms with Gasteiger partial charge in [-0.05, 0) is 32.1 Å². The predicted octanol–water partition coefficient (Wildman–Crippen LogP) is 0.848. The average Bonchev–Trinajstić information content (AvgIpc) is 3.18. The van der Waals surface area contributed by atoms with E-state index in [0.29, 0.717) is 25.8 Å². The van der Waals surface area contributed by atoms with Gasteiger partial charge in [-0.1, -0.05) is 0 Å². The van der Waals surface area contributed by atoms with E-state index in [9.17, 15) is 4.79 Å². The SMILES string of the molecule is NCC1(C(=O)NC2CCCC2n2ccnc2)CCOCC1. The molecular formula is C15H24N4O2. The first kappa shape index (κ1) is 14.5. The van der Waals surface area contributed by atoms with Gasteiger partial charge in [-0.25, -0.2) is 4.98 Å². The van der Waals surface area contributed by atoms with Gasteiger partial charge in [-0.2, -0.15) is 0 Å². The maximum absolute atomic E-state index is 12.8. The second-order valence-electron chi connectivity index (χ2n) is 6.18. The van der Waals surface area contributed by atoms with Gasteiger partial charge >= 0.3 is 0 Å². The molecule has 1 aromatic rings. The average molecular weight is 292 g/mol. The zero-order valence-electron chi connectivity index (χ0n) is 12.3. The van der Waals surface area contributed by atoms with Gasteiger partial charge in [-0.15, -0.1) is 0 Å². The van der Waals surface area contributed by atoms with E-state index in [0.717, 1.165) is 32.1 Å².